The van der Waals surface area contributed by atoms with Crippen LogP contribution in [0.15, 0.2) is 28.7 Å². The molecule has 0 radical (unpaired) electrons. The lowest BCUT2D eigenvalue weighted by Gasteiger charge is -2.14. The van der Waals surface area contributed by atoms with Gasteiger partial charge in [0.15, 0.2) is 0 Å². The molecule has 0 unspecified atom stereocenters. The van der Waals surface area contributed by atoms with E-state index in [0.717, 1.165) is 24.0 Å². The van der Waals surface area contributed by atoms with Crippen LogP contribution in [0, 0.1) is 6.92 Å². The van der Waals surface area contributed by atoms with Crippen LogP contribution in [0.1, 0.15) is 24.3 Å². The van der Waals surface area contributed by atoms with Crippen molar-refractivity contribution >= 4 is 11.9 Å². The zero-order valence-corrected chi connectivity index (χ0v) is 12.7. The first-order chi connectivity index (χ1) is 11.1. The molecule has 1 aromatic carbocycles. The number of carbonyl (C=O) groups excluding carboxylic acids is 2. The average molecular weight is 312 g/mol. The van der Waals surface area contributed by atoms with Gasteiger partial charge in [-0.25, -0.2) is 4.79 Å². The van der Waals surface area contributed by atoms with E-state index < -0.39 is 0 Å². The van der Waals surface area contributed by atoms with E-state index in [-0.39, 0.29) is 37.0 Å². The summed E-state index contributed by atoms with van der Waals surface area (Å²) in [6.07, 6.45) is 1.95. The minimum Gasteiger partial charge on any atom is -0.419 e. The molecule has 4 rings (SSSR count). The van der Waals surface area contributed by atoms with Gasteiger partial charge in [0.05, 0.1) is 0 Å². The van der Waals surface area contributed by atoms with E-state index in [2.05, 4.69) is 10.2 Å². The van der Waals surface area contributed by atoms with E-state index in [1.807, 2.05) is 31.2 Å². The molecule has 1 aliphatic heterocycles. The zero-order valence-electron chi connectivity index (χ0n) is 12.7. The maximum Gasteiger partial charge on any atom is 0.327 e. The van der Waals surface area contributed by atoms with Gasteiger partial charge >= 0.3 is 6.03 Å². The number of urea groups is 1. The lowest BCUT2D eigenvalue weighted by Crippen LogP contribution is -2.33. The van der Waals surface area contributed by atoms with E-state index in [4.69, 9.17) is 4.42 Å². The summed E-state index contributed by atoms with van der Waals surface area (Å²) in [7, 11) is 0. The van der Waals surface area contributed by atoms with Crippen molar-refractivity contribution in [1.82, 2.24) is 20.0 Å². The minimum atomic E-state index is -0.257. The first kappa shape index (κ1) is 13.9. The number of imide groups is 1. The van der Waals surface area contributed by atoms with Gasteiger partial charge < -0.3 is 9.32 Å². The Labute approximate surface area is 132 Å². The zero-order chi connectivity index (χ0) is 16.0. The summed E-state index contributed by atoms with van der Waals surface area (Å²) in [5, 5.41) is 7.95. The summed E-state index contributed by atoms with van der Waals surface area (Å²) >= 11 is 0. The molecule has 3 amide bonds. The van der Waals surface area contributed by atoms with Crippen LogP contribution >= 0.6 is 0 Å². The van der Waals surface area contributed by atoms with Crippen LogP contribution in [-0.4, -0.2) is 44.5 Å². The fraction of sp³-hybridized carbons (Fsp3) is 0.375. The summed E-state index contributed by atoms with van der Waals surface area (Å²) in [6, 6.07) is 7.68. The van der Waals surface area contributed by atoms with Gasteiger partial charge in [0.2, 0.25) is 11.8 Å². The Balaban J connectivity index is 1.50. The molecule has 118 valence electrons. The molecule has 2 aliphatic rings. The Morgan fingerprint density at radius 3 is 2.61 bits per heavy atom. The monoisotopic (exact) mass is 312 g/mol. The van der Waals surface area contributed by atoms with E-state index >= 15 is 0 Å². The predicted molar refractivity (Wildman–Crippen MR) is 80.1 cm³/mol. The van der Waals surface area contributed by atoms with E-state index in [1.54, 1.807) is 4.90 Å². The summed E-state index contributed by atoms with van der Waals surface area (Å²) < 4.78 is 5.59. The summed E-state index contributed by atoms with van der Waals surface area (Å²) in [6.45, 7) is 2.18. The maximum atomic E-state index is 12.3. The molecule has 7 heteroatoms. The van der Waals surface area contributed by atoms with Crippen LogP contribution in [0.5, 0.6) is 0 Å². The first-order valence-electron chi connectivity index (χ1n) is 7.62. The fourth-order valence-electron chi connectivity index (χ4n) is 2.65. The van der Waals surface area contributed by atoms with Gasteiger partial charge in [-0.05, 0) is 31.9 Å². The molecular weight excluding hydrogens is 296 g/mol. The normalized spacial score (nSPS) is 18.1. The van der Waals surface area contributed by atoms with Crippen molar-refractivity contribution in [3.05, 3.63) is 35.7 Å². The Morgan fingerprint density at radius 2 is 1.91 bits per heavy atom. The van der Waals surface area contributed by atoms with E-state index in [9.17, 15) is 9.59 Å². The number of benzene rings is 1. The SMILES string of the molecule is Cc1ccc(-c2nnc(CN3C(=O)CN(C4CC4)C3=O)o2)cc1. The van der Waals surface area contributed by atoms with Crippen molar-refractivity contribution in [3.63, 3.8) is 0 Å². The van der Waals surface area contributed by atoms with Gasteiger partial charge in [0.1, 0.15) is 13.1 Å². The molecule has 0 N–H and O–H groups in total. The average Bonchev–Trinajstić information content (AvgIpc) is 3.22. The lowest BCUT2D eigenvalue weighted by molar-refractivity contribution is -0.126. The van der Waals surface area contributed by atoms with E-state index in [0.29, 0.717) is 5.89 Å². The van der Waals surface area contributed by atoms with Crippen LogP contribution in [0.25, 0.3) is 11.5 Å². The number of rotatable bonds is 4. The molecule has 7 nitrogen and oxygen atoms in total. The highest BCUT2D eigenvalue weighted by molar-refractivity contribution is 6.02. The van der Waals surface area contributed by atoms with Crippen molar-refractivity contribution in [2.45, 2.75) is 32.4 Å². The Bertz CT molecular complexity index is 764. The van der Waals surface area contributed by atoms with Gasteiger partial charge in [-0.15, -0.1) is 10.2 Å². The van der Waals surface area contributed by atoms with Crippen molar-refractivity contribution in [2.75, 3.05) is 6.54 Å². The molecule has 1 saturated heterocycles. The third-order valence-electron chi connectivity index (χ3n) is 4.13. The standard InChI is InChI=1S/C16H16N4O3/c1-10-2-4-11(5-3-10)15-18-17-13(23-15)8-20-14(21)9-19(16(20)22)12-6-7-12/h2-5,12H,6-9H2,1H3. The summed E-state index contributed by atoms with van der Waals surface area (Å²) in [4.78, 5) is 27.1. The van der Waals surface area contributed by atoms with Gasteiger partial charge in [-0.2, -0.15) is 0 Å². The number of hydrogen-bond donors (Lipinski definition) is 0. The number of amides is 3. The molecule has 1 aliphatic carbocycles. The van der Waals surface area contributed by atoms with Crippen LogP contribution < -0.4 is 0 Å². The second-order valence-electron chi connectivity index (χ2n) is 5.99. The van der Waals surface area contributed by atoms with Crippen molar-refractivity contribution in [3.8, 4) is 11.5 Å². The fourth-order valence-corrected chi connectivity index (χ4v) is 2.65. The first-order valence-corrected chi connectivity index (χ1v) is 7.62. The van der Waals surface area contributed by atoms with Crippen LogP contribution in [0.4, 0.5) is 4.79 Å². The van der Waals surface area contributed by atoms with Gasteiger partial charge in [-0.1, -0.05) is 17.7 Å². The summed E-state index contributed by atoms with van der Waals surface area (Å²) in [5.41, 5.74) is 1.95. The molecule has 2 aromatic rings. The Morgan fingerprint density at radius 1 is 1.17 bits per heavy atom. The number of aromatic nitrogens is 2. The Hall–Kier alpha value is -2.70. The van der Waals surface area contributed by atoms with E-state index in [1.165, 1.54) is 4.90 Å². The number of carbonyl (C=O) groups is 2. The van der Waals surface area contributed by atoms with Gasteiger partial charge in [0, 0.05) is 11.6 Å². The highest BCUT2D eigenvalue weighted by atomic mass is 16.4. The molecule has 1 saturated carbocycles. The van der Waals surface area contributed by atoms with Crippen LogP contribution in [0.2, 0.25) is 0 Å². The molecule has 1 aromatic heterocycles. The number of aryl methyl sites for hydroxylation is 1. The second kappa shape index (κ2) is 5.19. The lowest BCUT2D eigenvalue weighted by atomic mass is 10.1. The third kappa shape index (κ3) is 2.58. The molecule has 2 fully saturated rings. The molecular formula is C16H16N4O3. The van der Waals surface area contributed by atoms with Crippen molar-refractivity contribution in [1.29, 1.82) is 0 Å². The largest absolute Gasteiger partial charge is 0.419 e. The van der Waals surface area contributed by atoms with Crippen molar-refractivity contribution < 1.29 is 14.0 Å². The molecule has 0 atom stereocenters. The predicted octanol–water partition coefficient (Wildman–Crippen LogP) is 1.97. The van der Waals surface area contributed by atoms with Crippen LogP contribution in [0.3, 0.4) is 0 Å². The topological polar surface area (TPSA) is 79.5 Å². The van der Waals surface area contributed by atoms with Crippen molar-refractivity contribution in [2.24, 2.45) is 0 Å². The summed E-state index contributed by atoms with van der Waals surface area (Å²) in [5.74, 6) is 0.440. The maximum absolute atomic E-state index is 12.3. The van der Waals surface area contributed by atoms with Gasteiger partial charge in [-0.3, -0.25) is 9.69 Å². The third-order valence-corrected chi connectivity index (χ3v) is 4.13. The second-order valence-corrected chi connectivity index (χ2v) is 5.99. The van der Waals surface area contributed by atoms with Gasteiger partial charge in [0.25, 0.3) is 5.91 Å². The highest BCUT2D eigenvalue weighted by Crippen LogP contribution is 2.31. The quantitative estimate of drug-likeness (QED) is 0.806. The Kier molecular flexibility index (Phi) is 3.14. The molecule has 23 heavy (non-hydrogen) atoms. The molecule has 0 spiro atoms. The molecule has 0 bridgehead atoms. The minimum absolute atomic E-state index is 0.0275. The smallest absolute Gasteiger partial charge is 0.327 e. The molecule has 2 heterocycles. The van der Waals surface area contributed by atoms with Crippen LogP contribution in [-0.2, 0) is 11.3 Å². The number of hydrogen-bond acceptors (Lipinski definition) is 5. The highest BCUT2D eigenvalue weighted by Gasteiger charge is 2.44. The number of nitrogens with zero attached hydrogens (tertiary/aromatic N) is 4.